The van der Waals surface area contributed by atoms with Gasteiger partial charge in [-0.25, -0.2) is 0 Å². The third kappa shape index (κ3) is 6.35. The van der Waals surface area contributed by atoms with Crippen LogP contribution in [0.25, 0.3) is 0 Å². The zero-order valence-electron chi connectivity index (χ0n) is 13.2. The molecular weight excluding hydrogens is 286 g/mol. The zero-order chi connectivity index (χ0) is 15.3. The minimum atomic E-state index is 0.143. The third-order valence-electron chi connectivity index (χ3n) is 3.52. The summed E-state index contributed by atoms with van der Waals surface area (Å²) in [7, 11) is 0. The molecule has 1 N–H and O–H groups in total. The molecular formula is C17H26ClNO2. The second kappa shape index (κ2) is 7.59. The number of rotatable bonds is 6. The SMILES string of the molecule is CC(C)(C)NCC1CCC(COCc2cccc(Cl)c2)O1. The van der Waals surface area contributed by atoms with Crippen LogP contribution in [0.1, 0.15) is 39.2 Å². The van der Waals surface area contributed by atoms with E-state index in [0.717, 1.165) is 30.0 Å². The molecule has 1 fully saturated rings. The molecule has 1 saturated heterocycles. The molecule has 2 atom stereocenters. The van der Waals surface area contributed by atoms with Crippen molar-refractivity contribution in [2.75, 3.05) is 13.2 Å². The van der Waals surface area contributed by atoms with Gasteiger partial charge in [-0.2, -0.15) is 0 Å². The number of halogens is 1. The predicted octanol–water partition coefficient (Wildman–Crippen LogP) is 3.79. The van der Waals surface area contributed by atoms with Gasteiger partial charge < -0.3 is 14.8 Å². The summed E-state index contributed by atoms with van der Waals surface area (Å²) in [6.45, 7) is 8.67. The van der Waals surface area contributed by atoms with Crippen molar-refractivity contribution in [2.24, 2.45) is 0 Å². The highest BCUT2D eigenvalue weighted by molar-refractivity contribution is 6.30. The van der Waals surface area contributed by atoms with Gasteiger partial charge in [0.1, 0.15) is 0 Å². The van der Waals surface area contributed by atoms with Gasteiger partial charge in [0.25, 0.3) is 0 Å². The number of ether oxygens (including phenoxy) is 2. The summed E-state index contributed by atoms with van der Waals surface area (Å²) in [5.41, 5.74) is 1.25. The fourth-order valence-corrected chi connectivity index (χ4v) is 2.62. The van der Waals surface area contributed by atoms with Crippen molar-refractivity contribution in [3.8, 4) is 0 Å². The van der Waals surface area contributed by atoms with Crippen molar-refractivity contribution >= 4 is 11.6 Å². The Bertz CT molecular complexity index is 445. The number of benzene rings is 1. The van der Waals surface area contributed by atoms with Crippen molar-refractivity contribution in [1.82, 2.24) is 5.32 Å². The monoisotopic (exact) mass is 311 g/mol. The second-order valence-electron chi connectivity index (χ2n) is 6.73. The Hall–Kier alpha value is -0.610. The highest BCUT2D eigenvalue weighted by atomic mass is 35.5. The molecule has 21 heavy (non-hydrogen) atoms. The average molecular weight is 312 g/mol. The third-order valence-corrected chi connectivity index (χ3v) is 3.75. The topological polar surface area (TPSA) is 30.5 Å². The van der Waals surface area contributed by atoms with E-state index in [-0.39, 0.29) is 11.6 Å². The van der Waals surface area contributed by atoms with E-state index in [4.69, 9.17) is 21.1 Å². The molecule has 0 bridgehead atoms. The highest BCUT2D eigenvalue weighted by Crippen LogP contribution is 2.20. The molecule has 1 heterocycles. The van der Waals surface area contributed by atoms with Crippen molar-refractivity contribution in [3.05, 3.63) is 34.9 Å². The summed E-state index contributed by atoms with van der Waals surface area (Å²) in [4.78, 5) is 0. The Morgan fingerprint density at radius 2 is 2.05 bits per heavy atom. The van der Waals surface area contributed by atoms with Gasteiger partial charge in [-0.1, -0.05) is 23.7 Å². The molecule has 4 heteroatoms. The van der Waals surface area contributed by atoms with Crippen LogP contribution in [-0.4, -0.2) is 30.9 Å². The van der Waals surface area contributed by atoms with E-state index in [2.05, 4.69) is 26.1 Å². The standard InChI is InChI=1S/C17H26ClNO2/c1-17(2,3)19-10-15-7-8-16(21-15)12-20-11-13-5-4-6-14(18)9-13/h4-6,9,15-16,19H,7-8,10-12H2,1-3H3. The molecule has 0 amide bonds. The molecule has 0 aliphatic carbocycles. The van der Waals surface area contributed by atoms with Gasteiger partial charge in [0.05, 0.1) is 25.4 Å². The van der Waals surface area contributed by atoms with E-state index in [1.807, 2.05) is 24.3 Å². The van der Waals surface area contributed by atoms with Gasteiger partial charge in [0, 0.05) is 17.1 Å². The Balaban J connectivity index is 1.64. The molecule has 118 valence electrons. The largest absolute Gasteiger partial charge is 0.374 e. The molecule has 0 radical (unpaired) electrons. The lowest BCUT2D eigenvalue weighted by Crippen LogP contribution is -2.41. The van der Waals surface area contributed by atoms with E-state index in [1.165, 1.54) is 0 Å². The van der Waals surface area contributed by atoms with Crippen LogP contribution in [0.5, 0.6) is 0 Å². The Morgan fingerprint density at radius 1 is 1.29 bits per heavy atom. The van der Waals surface area contributed by atoms with Crippen LogP contribution in [0, 0.1) is 0 Å². The van der Waals surface area contributed by atoms with Crippen LogP contribution >= 0.6 is 11.6 Å². The summed E-state index contributed by atoms with van der Waals surface area (Å²) in [6, 6.07) is 7.78. The van der Waals surface area contributed by atoms with Crippen molar-refractivity contribution < 1.29 is 9.47 Å². The van der Waals surface area contributed by atoms with Crippen LogP contribution < -0.4 is 5.32 Å². The minimum absolute atomic E-state index is 0.143. The summed E-state index contributed by atoms with van der Waals surface area (Å²) < 4.78 is 11.8. The first kappa shape index (κ1) is 16.8. The molecule has 1 aliphatic heterocycles. The van der Waals surface area contributed by atoms with Crippen LogP contribution in [-0.2, 0) is 16.1 Å². The van der Waals surface area contributed by atoms with E-state index < -0.39 is 0 Å². The van der Waals surface area contributed by atoms with Crippen molar-refractivity contribution in [2.45, 2.75) is 58.0 Å². The molecule has 2 rings (SSSR count). The molecule has 1 aliphatic rings. The first-order valence-electron chi connectivity index (χ1n) is 7.65. The second-order valence-corrected chi connectivity index (χ2v) is 7.17. The molecule has 1 aromatic carbocycles. The van der Waals surface area contributed by atoms with E-state index in [0.29, 0.717) is 19.3 Å². The van der Waals surface area contributed by atoms with Crippen LogP contribution in [0.3, 0.4) is 0 Å². The molecule has 1 aromatic rings. The molecule has 2 unspecified atom stereocenters. The molecule has 0 aromatic heterocycles. The lowest BCUT2D eigenvalue weighted by Gasteiger charge is -2.23. The smallest absolute Gasteiger partial charge is 0.0814 e. The van der Waals surface area contributed by atoms with Crippen molar-refractivity contribution in [3.63, 3.8) is 0 Å². The van der Waals surface area contributed by atoms with Gasteiger partial charge in [-0.15, -0.1) is 0 Å². The zero-order valence-corrected chi connectivity index (χ0v) is 14.0. The number of hydrogen-bond donors (Lipinski definition) is 1. The summed E-state index contributed by atoms with van der Waals surface area (Å²) in [5.74, 6) is 0. The highest BCUT2D eigenvalue weighted by Gasteiger charge is 2.26. The minimum Gasteiger partial charge on any atom is -0.374 e. The first-order valence-corrected chi connectivity index (χ1v) is 8.03. The van der Waals surface area contributed by atoms with Gasteiger partial charge in [0.2, 0.25) is 0 Å². The summed E-state index contributed by atoms with van der Waals surface area (Å²) in [6.07, 6.45) is 2.71. The predicted molar refractivity (Wildman–Crippen MR) is 86.8 cm³/mol. The lowest BCUT2D eigenvalue weighted by atomic mass is 10.1. The Kier molecular flexibility index (Phi) is 6.06. The number of hydrogen-bond acceptors (Lipinski definition) is 3. The normalized spacial score (nSPS) is 22.7. The number of nitrogens with one attached hydrogen (secondary N) is 1. The fourth-order valence-electron chi connectivity index (χ4n) is 2.41. The summed E-state index contributed by atoms with van der Waals surface area (Å²) in [5, 5.41) is 4.24. The van der Waals surface area contributed by atoms with Gasteiger partial charge in [-0.05, 0) is 51.3 Å². The summed E-state index contributed by atoms with van der Waals surface area (Å²) >= 11 is 5.95. The Labute approximate surface area is 133 Å². The molecule has 3 nitrogen and oxygen atoms in total. The Morgan fingerprint density at radius 3 is 2.76 bits per heavy atom. The van der Waals surface area contributed by atoms with E-state index in [9.17, 15) is 0 Å². The van der Waals surface area contributed by atoms with Crippen LogP contribution in [0.15, 0.2) is 24.3 Å². The van der Waals surface area contributed by atoms with Crippen LogP contribution in [0.4, 0.5) is 0 Å². The average Bonchev–Trinajstić information content (AvgIpc) is 2.84. The maximum absolute atomic E-state index is 6.00. The first-order chi connectivity index (χ1) is 9.92. The quantitative estimate of drug-likeness (QED) is 0.867. The maximum atomic E-state index is 6.00. The molecule has 0 saturated carbocycles. The van der Waals surface area contributed by atoms with E-state index in [1.54, 1.807) is 0 Å². The fraction of sp³-hybridized carbons (Fsp3) is 0.647. The lowest BCUT2D eigenvalue weighted by molar-refractivity contribution is -0.0203. The van der Waals surface area contributed by atoms with Gasteiger partial charge in [0.15, 0.2) is 0 Å². The maximum Gasteiger partial charge on any atom is 0.0814 e. The van der Waals surface area contributed by atoms with Gasteiger partial charge >= 0.3 is 0 Å². The van der Waals surface area contributed by atoms with Crippen molar-refractivity contribution in [1.29, 1.82) is 0 Å². The van der Waals surface area contributed by atoms with E-state index >= 15 is 0 Å². The van der Waals surface area contributed by atoms with Crippen LogP contribution in [0.2, 0.25) is 5.02 Å². The van der Waals surface area contributed by atoms with Gasteiger partial charge in [-0.3, -0.25) is 0 Å². The molecule has 0 spiro atoms.